The van der Waals surface area contributed by atoms with Crippen molar-refractivity contribution in [1.29, 1.82) is 0 Å². The van der Waals surface area contributed by atoms with Gasteiger partial charge in [0, 0.05) is 68.6 Å². The Kier molecular flexibility index (Phi) is 6.14. The summed E-state index contributed by atoms with van der Waals surface area (Å²) in [5.74, 6) is -2.06. The molecule has 0 fully saturated rings. The largest absolute Gasteiger partial charge is 0.384 e. The normalized spacial score (nSPS) is 19.9. The summed E-state index contributed by atoms with van der Waals surface area (Å²) in [7, 11) is -1.87. The highest BCUT2D eigenvalue weighted by atomic mass is 32.2. The van der Waals surface area contributed by atoms with Crippen molar-refractivity contribution < 1.29 is 17.2 Å². The number of anilines is 1. The molecule has 1 unspecified atom stereocenters. The lowest BCUT2D eigenvalue weighted by Gasteiger charge is -2.39. The van der Waals surface area contributed by atoms with Crippen LogP contribution < -0.4 is 21.3 Å². The molecular weight excluding hydrogens is 538 g/mol. The lowest BCUT2D eigenvalue weighted by Crippen LogP contribution is -2.48. The molecule has 6 rings (SSSR count). The smallest absolute Gasteiger partial charge is 0.260 e. The van der Waals surface area contributed by atoms with Gasteiger partial charge in [-0.15, -0.1) is 0 Å². The summed E-state index contributed by atoms with van der Waals surface area (Å²) >= 11 is 0. The molecular formula is C29H26F2N4O4S. The SMILES string of the molecule is Cn1ccc2c(c1=O)C1=C3C(=CN(c4ccc(F)cc4F)C3[C@H](Cn3ccccc3=O)CN1)C=C2CS(C)(=O)=O. The molecule has 0 amide bonds. The minimum Gasteiger partial charge on any atom is -0.384 e. The van der Waals surface area contributed by atoms with Gasteiger partial charge in [-0.25, -0.2) is 17.2 Å². The number of rotatable bonds is 5. The van der Waals surface area contributed by atoms with Crippen LogP contribution in [0.5, 0.6) is 0 Å². The van der Waals surface area contributed by atoms with Gasteiger partial charge in [-0.1, -0.05) is 6.07 Å². The number of aromatic nitrogens is 2. The number of hydrogen-bond donors (Lipinski definition) is 1. The van der Waals surface area contributed by atoms with Gasteiger partial charge in [0.1, 0.15) is 11.6 Å². The van der Waals surface area contributed by atoms with Crippen LogP contribution in [0.15, 0.2) is 87.9 Å². The second-order valence-corrected chi connectivity index (χ2v) is 12.6. The van der Waals surface area contributed by atoms with E-state index in [0.29, 0.717) is 40.1 Å². The van der Waals surface area contributed by atoms with Crippen LogP contribution in [-0.4, -0.2) is 42.1 Å². The fraction of sp³-hybridized carbons (Fsp3) is 0.241. The van der Waals surface area contributed by atoms with Gasteiger partial charge in [0.15, 0.2) is 9.84 Å². The Hall–Kier alpha value is -4.25. The predicted octanol–water partition coefficient (Wildman–Crippen LogP) is 2.67. The average molecular weight is 565 g/mol. The van der Waals surface area contributed by atoms with Gasteiger partial charge in [0.05, 0.1) is 28.7 Å². The Morgan fingerprint density at radius 3 is 2.60 bits per heavy atom. The third kappa shape index (κ3) is 4.40. The molecule has 0 saturated carbocycles. The minimum absolute atomic E-state index is 0.130. The van der Waals surface area contributed by atoms with Crippen molar-refractivity contribution in [2.45, 2.75) is 12.6 Å². The quantitative estimate of drug-likeness (QED) is 0.513. The molecule has 40 heavy (non-hydrogen) atoms. The molecule has 8 nitrogen and oxygen atoms in total. The number of aryl methyl sites for hydroxylation is 1. The van der Waals surface area contributed by atoms with Crippen molar-refractivity contribution in [3.63, 3.8) is 0 Å². The van der Waals surface area contributed by atoms with E-state index in [1.807, 2.05) is 0 Å². The molecule has 1 N–H and O–H groups in total. The number of nitrogens with zero attached hydrogens (tertiary/aromatic N) is 3. The summed E-state index contributed by atoms with van der Waals surface area (Å²) in [6, 6.07) is 9.40. The van der Waals surface area contributed by atoms with Crippen molar-refractivity contribution in [2.75, 3.05) is 23.5 Å². The van der Waals surface area contributed by atoms with Crippen LogP contribution in [0.25, 0.3) is 11.3 Å². The van der Waals surface area contributed by atoms with Crippen LogP contribution >= 0.6 is 0 Å². The van der Waals surface area contributed by atoms with E-state index in [0.717, 1.165) is 12.3 Å². The molecule has 2 aliphatic heterocycles. The van der Waals surface area contributed by atoms with Crippen LogP contribution in [-0.2, 0) is 23.4 Å². The second-order valence-electron chi connectivity index (χ2n) is 10.4. The average Bonchev–Trinajstić information content (AvgIpc) is 3.19. The summed E-state index contributed by atoms with van der Waals surface area (Å²) in [4.78, 5) is 27.9. The lowest BCUT2D eigenvalue weighted by molar-refractivity contribution is 0.374. The van der Waals surface area contributed by atoms with Gasteiger partial charge in [0.25, 0.3) is 11.1 Å². The molecule has 0 radical (unpaired) electrons. The first-order valence-electron chi connectivity index (χ1n) is 12.7. The second kappa shape index (κ2) is 9.44. The number of hydrogen-bond acceptors (Lipinski definition) is 6. The third-order valence-corrected chi connectivity index (χ3v) is 8.41. The van der Waals surface area contributed by atoms with E-state index in [1.54, 1.807) is 59.4 Å². The maximum atomic E-state index is 15.2. The van der Waals surface area contributed by atoms with Crippen molar-refractivity contribution >= 4 is 26.8 Å². The van der Waals surface area contributed by atoms with Gasteiger partial charge < -0.3 is 19.4 Å². The minimum atomic E-state index is -3.49. The van der Waals surface area contributed by atoms with Gasteiger partial charge in [0.2, 0.25) is 0 Å². The molecule has 2 atom stereocenters. The molecule has 3 aliphatic rings. The predicted molar refractivity (Wildman–Crippen MR) is 149 cm³/mol. The highest BCUT2D eigenvalue weighted by Crippen LogP contribution is 2.46. The monoisotopic (exact) mass is 564 g/mol. The zero-order chi connectivity index (χ0) is 28.3. The summed E-state index contributed by atoms with van der Waals surface area (Å²) in [5.41, 5.74) is 2.75. The first kappa shape index (κ1) is 26.0. The maximum absolute atomic E-state index is 15.2. The molecule has 0 bridgehead atoms. The molecule has 4 heterocycles. The van der Waals surface area contributed by atoms with Crippen molar-refractivity contribution in [2.24, 2.45) is 13.0 Å². The molecule has 0 spiro atoms. The van der Waals surface area contributed by atoms with Crippen molar-refractivity contribution in [3.05, 3.63) is 122 Å². The molecule has 2 aromatic heterocycles. The van der Waals surface area contributed by atoms with Gasteiger partial charge in [-0.2, -0.15) is 0 Å². The number of pyridine rings is 2. The van der Waals surface area contributed by atoms with Crippen LogP contribution in [0.1, 0.15) is 11.1 Å². The number of halogens is 2. The molecule has 1 aromatic carbocycles. The Morgan fingerprint density at radius 2 is 1.88 bits per heavy atom. The topological polar surface area (TPSA) is 93.4 Å². The lowest BCUT2D eigenvalue weighted by atomic mass is 9.84. The molecule has 11 heteroatoms. The maximum Gasteiger partial charge on any atom is 0.260 e. The Balaban J connectivity index is 1.61. The van der Waals surface area contributed by atoms with Crippen LogP contribution in [0.2, 0.25) is 0 Å². The fourth-order valence-corrected chi connectivity index (χ4v) is 6.69. The Labute approximate surface area is 229 Å². The van der Waals surface area contributed by atoms with E-state index in [4.69, 9.17) is 0 Å². The summed E-state index contributed by atoms with van der Waals surface area (Å²) in [6.07, 6.45) is 7.85. The van der Waals surface area contributed by atoms with Crippen molar-refractivity contribution in [3.8, 4) is 0 Å². The van der Waals surface area contributed by atoms with E-state index in [-0.39, 0.29) is 35.0 Å². The summed E-state index contributed by atoms with van der Waals surface area (Å²) in [5, 5.41) is 3.40. The Bertz CT molecular complexity index is 1890. The third-order valence-electron chi connectivity index (χ3n) is 7.57. The van der Waals surface area contributed by atoms with Gasteiger partial charge in [-0.3, -0.25) is 9.59 Å². The molecule has 3 aromatic rings. The van der Waals surface area contributed by atoms with Gasteiger partial charge >= 0.3 is 0 Å². The van der Waals surface area contributed by atoms with Crippen LogP contribution in [0.3, 0.4) is 0 Å². The summed E-state index contributed by atoms with van der Waals surface area (Å²) in [6.45, 7) is 0.623. The molecule has 1 aliphatic carbocycles. The van der Waals surface area contributed by atoms with E-state index < -0.39 is 27.5 Å². The van der Waals surface area contributed by atoms with E-state index in [2.05, 4.69) is 5.32 Å². The number of benzene rings is 1. The molecule has 0 saturated heterocycles. The van der Waals surface area contributed by atoms with Crippen LogP contribution in [0.4, 0.5) is 14.5 Å². The van der Waals surface area contributed by atoms with E-state index >= 15 is 4.39 Å². The summed E-state index contributed by atoms with van der Waals surface area (Å²) < 4.78 is 57.0. The number of allylic oxidation sites excluding steroid dienone is 1. The first-order chi connectivity index (χ1) is 19.0. The fourth-order valence-electron chi connectivity index (χ4n) is 5.89. The number of sulfone groups is 1. The zero-order valence-corrected chi connectivity index (χ0v) is 22.6. The standard InChI is InChI=1S/C29H26F2N4O4S/c1-33-10-8-21-18(16-40(2,38)39)11-17-15-35(23-7-6-20(30)12-22(23)31)28-19(14-34-9-4-3-5-24(34)36)13-32-27(25(17)28)26(21)29(33)37/h3-12,15,19,28,32H,13-14,16H2,1-2H3/t19-,28?/m0/s1. The number of fused-ring (bicyclic) bond motifs is 2. The Morgan fingerprint density at radius 1 is 1.07 bits per heavy atom. The number of nitrogens with one attached hydrogen (secondary N) is 1. The molecule has 206 valence electrons. The zero-order valence-electron chi connectivity index (χ0n) is 21.8. The van der Waals surface area contributed by atoms with Gasteiger partial charge in [-0.05, 0) is 47.1 Å². The van der Waals surface area contributed by atoms with E-state index in [9.17, 15) is 22.4 Å². The van der Waals surface area contributed by atoms with Crippen molar-refractivity contribution in [1.82, 2.24) is 14.5 Å². The van der Waals surface area contributed by atoms with E-state index in [1.165, 1.54) is 22.8 Å². The van der Waals surface area contributed by atoms with Crippen LogP contribution in [0, 0.1) is 17.6 Å². The highest BCUT2D eigenvalue weighted by Gasteiger charge is 2.44. The highest BCUT2D eigenvalue weighted by molar-refractivity contribution is 7.91. The first-order valence-corrected chi connectivity index (χ1v) is 14.8.